The maximum atomic E-state index is 6.79. The van der Waals surface area contributed by atoms with Crippen LogP contribution in [-0.4, -0.2) is 23.7 Å². The van der Waals surface area contributed by atoms with E-state index in [1.807, 2.05) is 0 Å². The number of thioether (sulfide) groups is 1. The van der Waals surface area contributed by atoms with Crippen molar-refractivity contribution in [3.63, 3.8) is 0 Å². The van der Waals surface area contributed by atoms with E-state index in [4.69, 9.17) is 10.5 Å². The molecular weight excluding hydrogens is 278 g/mol. The Balaban J connectivity index is 1.79. The molecule has 2 nitrogen and oxygen atoms in total. The van der Waals surface area contributed by atoms with Crippen molar-refractivity contribution < 1.29 is 4.74 Å². The fourth-order valence-corrected chi connectivity index (χ4v) is 5.02. The van der Waals surface area contributed by atoms with Gasteiger partial charge in [0.15, 0.2) is 0 Å². The average molecular weight is 305 g/mol. The normalized spacial score (nSPS) is 28.2. The zero-order chi connectivity index (χ0) is 14.9. The topological polar surface area (TPSA) is 35.2 Å². The summed E-state index contributed by atoms with van der Waals surface area (Å²) in [5.74, 6) is 2.98. The molecule has 2 saturated heterocycles. The summed E-state index contributed by atoms with van der Waals surface area (Å²) in [6, 6.07) is 8.75. The SMILES string of the molecule is Cc1ccc(C(C)(N)C2CCOC3(CCSCC3)C2)cc1. The molecule has 0 radical (unpaired) electrons. The van der Waals surface area contributed by atoms with Gasteiger partial charge < -0.3 is 10.5 Å². The van der Waals surface area contributed by atoms with Gasteiger partial charge in [-0.2, -0.15) is 11.8 Å². The third-order valence-electron chi connectivity index (χ3n) is 5.42. The van der Waals surface area contributed by atoms with E-state index < -0.39 is 0 Å². The van der Waals surface area contributed by atoms with Crippen LogP contribution < -0.4 is 5.73 Å². The zero-order valence-corrected chi connectivity index (χ0v) is 14.0. The van der Waals surface area contributed by atoms with Crippen LogP contribution in [0.5, 0.6) is 0 Å². The number of rotatable bonds is 2. The zero-order valence-electron chi connectivity index (χ0n) is 13.2. The highest BCUT2D eigenvalue weighted by atomic mass is 32.2. The second-order valence-corrected chi connectivity index (χ2v) is 8.21. The van der Waals surface area contributed by atoms with Crippen molar-refractivity contribution in [1.29, 1.82) is 0 Å². The van der Waals surface area contributed by atoms with Crippen molar-refractivity contribution in [3.05, 3.63) is 35.4 Å². The number of benzene rings is 1. The van der Waals surface area contributed by atoms with Crippen LogP contribution in [0.25, 0.3) is 0 Å². The summed E-state index contributed by atoms with van der Waals surface area (Å²) in [6.45, 7) is 5.20. The van der Waals surface area contributed by atoms with E-state index >= 15 is 0 Å². The highest BCUT2D eigenvalue weighted by Crippen LogP contribution is 2.44. The molecule has 21 heavy (non-hydrogen) atoms. The van der Waals surface area contributed by atoms with E-state index in [-0.39, 0.29) is 11.1 Å². The number of aryl methyl sites for hydroxylation is 1. The number of nitrogens with two attached hydrogens (primary N) is 1. The number of hydrogen-bond acceptors (Lipinski definition) is 3. The molecule has 2 unspecified atom stereocenters. The summed E-state index contributed by atoms with van der Waals surface area (Å²) in [5.41, 5.74) is 9.21. The molecule has 1 spiro atoms. The van der Waals surface area contributed by atoms with Crippen LogP contribution >= 0.6 is 11.8 Å². The Hall–Kier alpha value is -0.510. The quantitative estimate of drug-likeness (QED) is 0.901. The highest BCUT2D eigenvalue weighted by molar-refractivity contribution is 7.99. The van der Waals surface area contributed by atoms with Crippen molar-refractivity contribution >= 4 is 11.8 Å². The van der Waals surface area contributed by atoms with Gasteiger partial charge in [0, 0.05) is 12.1 Å². The third-order valence-corrected chi connectivity index (χ3v) is 6.40. The Morgan fingerprint density at radius 3 is 2.57 bits per heavy atom. The molecule has 2 fully saturated rings. The van der Waals surface area contributed by atoms with Gasteiger partial charge in [0.05, 0.1) is 5.60 Å². The van der Waals surface area contributed by atoms with Gasteiger partial charge in [-0.1, -0.05) is 29.8 Å². The summed E-state index contributed by atoms with van der Waals surface area (Å²) in [6.07, 6.45) is 4.58. The molecule has 3 heteroatoms. The molecule has 0 bridgehead atoms. The first-order valence-corrected chi connectivity index (χ1v) is 9.25. The maximum absolute atomic E-state index is 6.79. The molecule has 2 aliphatic rings. The Labute approximate surface area is 132 Å². The standard InChI is InChI=1S/C18H27NOS/c1-14-3-5-15(6-4-14)17(2,19)16-7-10-20-18(13-16)8-11-21-12-9-18/h3-6,16H,7-13,19H2,1-2H3. The second-order valence-electron chi connectivity index (χ2n) is 6.98. The van der Waals surface area contributed by atoms with Crippen LogP contribution in [0.3, 0.4) is 0 Å². The smallest absolute Gasteiger partial charge is 0.0701 e. The first-order chi connectivity index (χ1) is 10.0. The molecule has 0 aromatic heterocycles. The summed E-state index contributed by atoms with van der Waals surface area (Å²) >= 11 is 2.06. The van der Waals surface area contributed by atoms with Gasteiger partial charge >= 0.3 is 0 Å². The fourth-order valence-electron chi connectivity index (χ4n) is 3.78. The summed E-state index contributed by atoms with van der Waals surface area (Å²) in [7, 11) is 0. The Bertz CT molecular complexity index is 471. The predicted molar refractivity (Wildman–Crippen MR) is 90.7 cm³/mol. The molecule has 1 aromatic carbocycles. The van der Waals surface area contributed by atoms with Crippen LogP contribution in [0.2, 0.25) is 0 Å². The molecule has 2 atom stereocenters. The summed E-state index contributed by atoms with van der Waals surface area (Å²) in [4.78, 5) is 0. The largest absolute Gasteiger partial charge is 0.375 e. The van der Waals surface area contributed by atoms with Gasteiger partial charge in [-0.3, -0.25) is 0 Å². The number of ether oxygens (including phenoxy) is 1. The summed E-state index contributed by atoms with van der Waals surface area (Å²) in [5, 5.41) is 0. The maximum Gasteiger partial charge on any atom is 0.0701 e. The van der Waals surface area contributed by atoms with Crippen LogP contribution in [-0.2, 0) is 10.3 Å². The molecular formula is C18H27NOS. The van der Waals surface area contributed by atoms with E-state index in [1.54, 1.807) is 0 Å². The first-order valence-electron chi connectivity index (χ1n) is 8.10. The molecule has 3 rings (SSSR count). The van der Waals surface area contributed by atoms with E-state index in [0.717, 1.165) is 19.4 Å². The van der Waals surface area contributed by atoms with Crippen molar-refractivity contribution in [1.82, 2.24) is 0 Å². The Kier molecular flexibility index (Phi) is 4.35. The van der Waals surface area contributed by atoms with Crippen molar-refractivity contribution in [2.75, 3.05) is 18.1 Å². The predicted octanol–water partition coefficient (Wildman–Crippen LogP) is 3.86. The lowest BCUT2D eigenvalue weighted by molar-refractivity contribution is -0.113. The van der Waals surface area contributed by atoms with Gasteiger partial charge in [0.1, 0.15) is 0 Å². The minimum Gasteiger partial charge on any atom is -0.375 e. The van der Waals surface area contributed by atoms with E-state index in [9.17, 15) is 0 Å². The minimum atomic E-state index is -0.255. The number of hydrogen-bond donors (Lipinski definition) is 1. The molecule has 2 heterocycles. The van der Waals surface area contributed by atoms with E-state index in [1.165, 1.54) is 35.5 Å². The third kappa shape index (κ3) is 3.15. The van der Waals surface area contributed by atoms with Crippen LogP contribution in [0.1, 0.15) is 43.7 Å². The van der Waals surface area contributed by atoms with Crippen LogP contribution in [0, 0.1) is 12.8 Å². The van der Waals surface area contributed by atoms with Gasteiger partial charge in [0.25, 0.3) is 0 Å². The van der Waals surface area contributed by atoms with Gasteiger partial charge in [-0.05, 0) is 62.5 Å². The van der Waals surface area contributed by atoms with Gasteiger partial charge in [-0.15, -0.1) is 0 Å². The van der Waals surface area contributed by atoms with Gasteiger partial charge in [0.2, 0.25) is 0 Å². The van der Waals surface area contributed by atoms with Gasteiger partial charge in [-0.25, -0.2) is 0 Å². The fraction of sp³-hybridized carbons (Fsp3) is 0.667. The van der Waals surface area contributed by atoms with Crippen molar-refractivity contribution in [3.8, 4) is 0 Å². The molecule has 2 aliphatic heterocycles. The monoisotopic (exact) mass is 305 g/mol. The minimum absolute atomic E-state index is 0.111. The lowest BCUT2D eigenvalue weighted by Crippen LogP contribution is -2.51. The lowest BCUT2D eigenvalue weighted by atomic mass is 9.70. The second kappa shape index (κ2) is 5.94. The Morgan fingerprint density at radius 2 is 1.90 bits per heavy atom. The van der Waals surface area contributed by atoms with Crippen molar-refractivity contribution in [2.24, 2.45) is 11.7 Å². The molecule has 2 N–H and O–H groups in total. The molecule has 0 saturated carbocycles. The lowest BCUT2D eigenvalue weighted by Gasteiger charge is -2.48. The highest BCUT2D eigenvalue weighted by Gasteiger charge is 2.44. The molecule has 0 amide bonds. The average Bonchev–Trinajstić information content (AvgIpc) is 2.48. The van der Waals surface area contributed by atoms with E-state index in [2.05, 4.69) is 49.9 Å². The molecule has 116 valence electrons. The first kappa shape index (κ1) is 15.4. The van der Waals surface area contributed by atoms with Crippen LogP contribution in [0.15, 0.2) is 24.3 Å². The molecule has 1 aromatic rings. The van der Waals surface area contributed by atoms with E-state index in [0.29, 0.717) is 5.92 Å². The summed E-state index contributed by atoms with van der Waals surface area (Å²) < 4.78 is 6.22. The van der Waals surface area contributed by atoms with Crippen LogP contribution in [0.4, 0.5) is 0 Å². The molecule has 0 aliphatic carbocycles. The Morgan fingerprint density at radius 1 is 1.24 bits per heavy atom. The van der Waals surface area contributed by atoms with Crippen molar-refractivity contribution in [2.45, 2.75) is 50.7 Å².